The summed E-state index contributed by atoms with van der Waals surface area (Å²) in [6.07, 6.45) is 3.53. The summed E-state index contributed by atoms with van der Waals surface area (Å²) in [6.45, 7) is 3.59. The minimum absolute atomic E-state index is 0.591. The zero-order chi connectivity index (χ0) is 7.98. The van der Waals surface area contributed by atoms with E-state index in [2.05, 4.69) is 4.99 Å². The lowest BCUT2D eigenvalue weighted by Gasteiger charge is -1.95. The van der Waals surface area contributed by atoms with E-state index in [0.717, 1.165) is 12.8 Å². The number of hydrogen-bond acceptors (Lipinski definition) is 2. The molecule has 0 radical (unpaired) electrons. The highest BCUT2D eigenvalue weighted by Gasteiger charge is 2.05. The lowest BCUT2D eigenvalue weighted by molar-refractivity contribution is -0.137. The molecule has 0 spiro atoms. The molecule has 0 heterocycles. The normalized spacial score (nSPS) is 13.8. The first kappa shape index (κ1) is 9.14. The number of nitrogens with zero attached hydrogens (tertiary/aromatic N) is 1. The van der Waals surface area contributed by atoms with Gasteiger partial charge < -0.3 is 5.11 Å². The summed E-state index contributed by atoms with van der Waals surface area (Å²) in [7, 11) is 0. The standard InChI is InChI=1S/C7H13NO2/c1-3-4-5-8-6(2)7(9)10/h5-6H,3-4H2,1-2H3,(H,9,10)/t6-/m0/s1. The van der Waals surface area contributed by atoms with Crippen LogP contribution in [0.15, 0.2) is 4.99 Å². The number of carbonyl (C=O) groups is 1. The van der Waals surface area contributed by atoms with E-state index in [4.69, 9.17) is 5.11 Å². The van der Waals surface area contributed by atoms with Crippen LogP contribution in [0.2, 0.25) is 0 Å². The van der Waals surface area contributed by atoms with E-state index in [9.17, 15) is 4.79 Å². The zero-order valence-electron chi connectivity index (χ0n) is 6.37. The van der Waals surface area contributed by atoms with Crippen LogP contribution in [0.5, 0.6) is 0 Å². The molecule has 0 saturated carbocycles. The number of aliphatic imine (C=N–C) groups is 1. The van der Waals surface area contributed by atoms with Gasteiger partial charge in [-0.05, 0) is 19.6 Å². The Hall–Kier alpha value is -0.860. The Morgan fingerprint density at radius 1 is 1.80 bits per heavy atom. The Morgan fingerprint density at radius 3 is 2.80 bits per heavy atom. The highest BCUT2D eigenvalue weighted by atomic mass is 16.4. The molecule has 0 aromatic carbocycles. The van der Waals surface area contributed by atoms with E-state index in [1.807, 2.05) is 6.92 Å². The molecule has 0 aliphatic carbocycles. The molecule has 0 saturated heterocycles. The van der Waals surface area contributed by atoms with E-state index in [1.54, 1.807) is 13.1 Å². The van der Waals surface area contributed by atoms with Gasteiger partial charge >= 0.3 is 5.97 Å². The smallest absolute Gasteiger partial charge is 0.328 e. The fraction of sp³-hybridized carbons (Fsp3) is 0.714. The predicted molar refractivity (Wildman–Crippen MR) is 40.5 cm³/mol. The number of aliphatic carboxylic acids is 1. The Kier molecular flexibility index (Phi) is 4.54. The van der Waals surface area contributed by atoms with Crippen molar-refractivity contribution in [3.05, 3.63) is 0 Å². The van der Waals surface area contributed by atoms with Gasteiger partial charge in [0.25, 0.3) is 0 Å². The number of hydrogen-bond donors (Lipinski definition) is 1. The molecule has 0 aromatic heterocycles. The molecular weight excluding hydrogens is 130 g/mol. The predicted octanol–water partition coefficient (Wildman–Crippen LogP) is 1.33. The van der Waals surface area contributed by atoms with E-state index in [-0.39, 0.29) is 0 Å². The molecule has 0 aliphatic heterocycles. The van der Waals surface area contributed by atoms with Gasteiger partial charge in [0, 0.05) is 0 Å². The van der Waals surface area contributed by atoms with Crippen LogP contribution in [-0.2, 0) is 4.79 Å². The highest BCUT2D eigenvalue weighted by molar-refractivity contribution is 5.75. The summed E-state index contributed by atoms with van der Waals surface area (Å²) in [5.41, 5.74) is 0. The zero-order valence-corrected chi connectivity index (χ0v) is 6.37. The monoisotopic (exact) mass is 143 g/mol. The Morgan fingerprint density at radius 2 is 2.40 bits per heavy atom. The average Bonchev–Trinajstić information content (AvgIpc) is 1.88. The van der Waals surface area contributed by atoms with Crippen molar-refractivity contribution in [1.82, 2.24) is 0 Å². The molecule has 0 fully saturated rings. The third kappa shape index (κ3) is 4.06. The maximum Gasteiger partial charge on any atom is 0.328 e. The Balaban J connectivity index is 3.55. The van der Waals surface area contributed by atoms with Crippen molar-refractivity contribution >= 4 is 12.2 Å². The van der Waals surface area contributed by atoms with Crippen molar-refractivity contribution in [2.45, 2.75) is 32.7 Å². The highest BCUT2D eigenvalue weighted by Crippen LogP contribution is 1.89. The molecule has 1 atom stereocenters. The second kappa shape index (κ2) is 4.97. The van der Waals surface area contributed by atoms with Gasteiger partial charge in [-0.2, -0.15) is 0 Å². The Bertz CT molecular complexity index is 132. The average molecular weight is 143 g/mol. The van der Waals surface area contributed by atoms with Gasteiger partial charge in [-0.1, -0.05) is 13.3 Å². The summed E-state index contributed by atoms with van der Waals surface area (Å²) in [4.78, 5) is 14.0. The van der Waals surface area contributed by atoms with Gasteiger partial charge in [0.05, 0.1) is 0 Å². The minimum Gasteiger partial charge on any atom is -0.480 e. The van der Waals surface area contributed by atoms with Crippen LogP contribution in [0.4, 0.5) is 0 Å². The van der Waals surface area contributed by atoms with Crippen LogP contribution in [0.1, 0.15) is 26.7 Å². The third-order valence-electron chi connectivity index (χ3n) is 1.10. The maximum absolute atomic E-state index is 10.2. The first-order valence-electron chi connectivity index (χ1n) is 3.43. The van der Waals surface area contributed by atoms with Gasteiger partial charge in [-0.25, -0.2) is 4.79 Å². The number of carboxylic acids is 1. The molecule has 0 rings (SSSR count). The van der Waals surface area contributed by atoms with Crippen molar-refractivity contribution in [3.8, 4) is 0 Å². The molecule has 10 heavy (non-hydrogen) atoms. The largest absolute Gasteiger partial charge is 0.480 e. The fourth-order valence-corrected chi connectivity index (χ4v) is 0.426. The molecule has 0 amide bonds. The minimum atomic E-state index is -0.868. The quantitative estimate of drug-likeness (QED) is 0.603. The van der Waals surface area contributed by atoms with Gasteiger partial charge in [-0.15, -0.1) is 0 Å². The second-order valence-electron chi connectivity index (χ2n) is 2.13. The van der Waals surface area contributed by atoms with Crippen molar-refractivity contribution in [3.63, 3.8) is 0 Å². The molecule has 3 heteroatoms. The SMILES string of the molecule is CCCC=N[C@@H](C)C(=O)O. The first-order valence-corrected chi connectivity index (χ1v) is 3.43. The van der Waals surface area contributed by atoms with Gasteiger partial charge in [0.15, 0.2) is 0 Å². The topological polar surface area (TPSA) is 49.7 Å². The second-order valence-corrected chi connectivity index (χ2v) is 2.13. The van der Waals surface area contributed by atoms with Crippen LogP contribution in [0.3, 0.4) is 0 Å². The summed E-state index contributed by atoms with van der Waals surface area (Å²) >= 11 is 0. The van der Waals surface area contributed by atoms with E-state index in [0.29, 0.717) is 0 Å². The summed E-state index contributed by atoms with van der Waals surface area (Å²) in [6, 6.07) is -0.591. The van der Waals surface area contributed by atoms with E-state index >= 15 is 0 Å². The lowest BCUT2D eigenvalue weighted by atomic mass is 10.3. The van der Waals surface area contributed by atoms with Crippen LogP contribution >= 0.6 is 0 Å². The summed E-state index contributed by atoms with van der Waals surface area (Å²) < 4.78 is 0. The number of unbranched alkanes of at least 4 members (excludes halogenated alkanes) is 1. The summed E-state index contributed by atoms with van der Waals surface area (Å²) in [5.74, 6) is -0.868. The van der Waals surface area contributed by atoms with Crippen LogP contribution in [0, 0.1) is 0 Å². The molecule has 0 unspecified atom stereocenters. The van der Waals surface area contributed by atoms with E-state index in [1.165, 1.54) is 0 Å². The molecule has 0 aromatic rings. The van der Waals surface area contributed by atoms with Crippen LogP contribution < -0.4 is 0 Å². The third-order valence-corrected chi connectivity index (χ3v) is 1.10. The van der Waals surface area contributed by atoms with Crippen molar-refractivity contribution in [1.29, 1.82) is 0 Å². The molecule has 1 N–H and O–H groups in total. The van der Waals surface area contributed by atoms with Crippen molar-refractivity contribution < 1.29 is 9.90 Å². The van der Waals surface area contributed by atoms with Gasteiger partial charge in [-0.3, -0.25) is 4.99 Å². The molecule has 0 aliphatic rings. The van der Waals surface area contributed by atoms with E-state index < -0.39 is 12.0 Å². The van der Waals surface area contributed by atoms with Gasteiger partial charge in [0.1, 0.15) is 6.04 Å². The summed E-state index contributed by atoms with van der Waals surface area (Å²) in [5, 5.41) is 8.37. The van der Waals surface area contributed by atoms with Crippen LogP contribution in [-0.4, -0.2) is 23.3 Å². The van der Waals surface area contributed by atoms with Gasteiger partial charge in [0.2, 0.25) is 0 Å². The van der Waals surface area contributed by atoms with Crippen LogP contribution in [0.25, 0.3) is 0 Å². The Labute approximate surface area is 60.8 Å². The van der Waals surface area contributed by atoms with Crippen molar-refractivity contribution in [2.24, 2.45) is 4.99 Å². The molecule has 58 valence electrons. The molecular formula is C7H13NO2. The first-order chi connectivity index (χ1) is 4.68. The number of rotatable bonds is 4. The maximum atomic E-state index is 10.2. The fourth-order valence-electron chi connectivity index (χ4n) is 0.426. The lowest BCUT2D eigenvalue weighted by Crippen LogP contribution is -2.12. The molecule has 0 bridgehead atoms. The van der Waals surface area contributed by atoms with Crippen molar-refractivity contribution in [2.75, 3.05) is 0 Å². The number of carboxylic acid groups (broad SMARTS) is 1. The molecule has 3 nitrogen and oxygen atoms in total.